The summed E-state index contributed by atoms with van der Waals surface area (Å²) in [5.74, 6) is -1.42. The van der Waals surface area contributed by atoms with E-state index in [1.807, 2.05) is 0 Å². The van der Waals surface area contributed by atoms with Crippen LogP contribution in [0.2, 0.25) is 5.02 Å². The van der Waals surface area contributed by atoms with E-state index in [4.69, 9.17) is 17.3 Å². The first-order valence-electron chi connectivity index (χ1n) is 7.76. The molecule has 144 valence electrons. The Kier molecular flexibility index (Phi) is 7.25. The standard InChI is InChI=1S/C18H16Br2ClFN2O3/c1-8(5-14(25)27-2)24-13-7-11(19)15(16(20)17(13)23)18(26)10-6-9(22)3-4-12(10)21/h3-4,6-8,24H,5,23H2,1-2H3. The molecule has 0 heterocycles. The van der Waals surface area contributed by atoms with E-state index in [1.54, 1.807) is 13.0 Å². The number of nitrogen functional groups attached to an aromatic ring is 1. The molecule has 0 aliphatic heterocycles. The lowest BCUT2D eigenvalue weighted by Gasteiger charge is -2.19. The Morgan fingerprint density at radius 3 is 2.63 bits per heavy atom. The van der Waals surface area contributed by atoms with Crippen LogP contribution < -0.4 is 11.1 Å². The van der Waals surface area contributed by atoms with Gasteiger partial charge in [0.15, 0.2) is 5.78 Å². The normalized spacial score (nSPS) is 11.8. The number of esters is 1. The summed E-state index contributed by atoms with van der Waals surface area (Å²) >= 11 is 12.7. The highest BCUT2D eigenvalue weighted by Gasteiger charge is 2.23. The van der Waals surface area contributed by atoms with Crippen LogP contribution in [0.3, 0.4) is 0 Å². The average Bonchev–Trinajstić information content (AvgIpc) is 2.61. The highest BCUT2D eigenvalue weighted by molar-refractivity contribution is 9.11. The molecular formula is C18H16Br2ClFN2O3. The van der Waals surface area contributed by atoms with Crippen molar-refractivity contribution >= 4 is 66.6 Å². The van der Waals surface area contributed by atoms with Gasteiger partial charge in [-0.25, -0.2) is 4.39 Å². The fraction of sp³-hybridized carbons (Fsp3) is 0.222. The maximum Gasteiger partial charge on any atom is 0.307 e. The lowest BCUT2D eigenvalue weighted by Crippen LogP contribution is -2.21. The lowest BCUT2D eigenvalue weighted by atomic mass is 10.0. The molecule has 5 nitrogen and oxygen atoms in total. The summed E-state index contributed by atoms with van der Waals surface area (Å²) in [6.07, 6.45) is 0.144. The number of nitrogens with two attached hydrogens (primary N) is 1. The summed E-state index contributed by atoms with van der Waals surface area (Å²) in [6, 6.07) is 4.93. The number of hydrogen-bond acceptors (Lipinski definition) is 5. The highest BCUT2D eigenvalue weighted by Crippen LogP contribution is 2.39. The Morgan fingerprint density at radius 1 is 1.33 bits per heavy atom. The molecule has 0 saturated heterocycles. The van der Waals surface area contributed by atoms with Gasteiger partial charge in [-0.3, -0.25) is 9.59 Å². The van der Waals surface area contributed by atoms with E-state index in [1.165, 1.54) is 19.2 Å². The van der Waals surface area contributed by atoms with Crippen molar-refractivity contribution in [2.45, 2.75) is 19.4 Å². The number of nitrogens with one attached hydrogen (secondary N) is 1. The maximum absolute atomic E-state index is 13.5. The predicted octanol–water partition coefficient (Wildman–Crippen LogP) is 5.18. The van der Waals surface area contributed by atoms with Crippen molar-refractivity contribution in [3.8, 4) is 0 Å². The van der Waals surface area contributed by atoms with Gasteiger partial charge in [0.05, 0.1) is 40.0 Å². The number of halogens is 4. The van der Waals surface area contributed by atoms with Gasteiger partial charge in [0, 0.05) is 16.1 Å². The van der Waals surface area contributed by atoms with E-state index in [9.17, 15) is 14.0 Å². The van der Waals surface area contributed by atoms with Crippen LogP contribution in [0, 0.1) is 5.82 Å². The van der Waals surface area contributed by atoms with Gasteiger partial charge in [-0.2, -0.15) is 0 Å². The molecule has 0 bridgehead atoms. The summed E-state index contributed by atoms with van der Waals surface area (Å²) in [4.78, 5) is 24.3. The zero-order valence-electron chi connectivity index (χ0n) is 14.4. The first-order valence-corrected chi connectivity index (χ1v) is 9.72. The Bertz CT molecular complexity index is 909. The van der Waals surface area contributed by atoms with Gasteiger partial charge >= 0.3 is 5.97 Å². The van der Waals surface area contributed by atoms with Crippen molar-refractivity contribution < 1.29 is 18.7 Å². The Morgan fingerprint density at radius 2 is 2.00 bits per heavy atom. The number of benzene rings is 2. The molecule has 3 N–H and O–H groups in total. The summed E-state index contributed by atoms with van der Waals surface area (Å²) in [6.45, 7) is 1.80. The monoisotopic (exact) mass is 520 g/mol. The molecule has 0 aliphatic carbocycles. The number of methoxy groups -OCH3 is 1. The van der Waals surface area contributed by atoms with Gasteiger partial charge < -0.3 is 15.8 Å². The van der Waals surface area contributed by atoms with Gasteiger partial charge in [0.25, 0.3) is 0 Å². The van der Waals surface area contributed by atoms with E-state index < -0.39 is 11.6 Å². The van der Waals surface area contributed by atoms with Gasteiger partial charge in [-0.05, 0) is 63.0 Å². The first-order chi connectivity index (χ1) is 12.6. The lowest BCUT2D eigenvalue weighted by molar-refractivity contribution is -0.140. The van der Waals surface area contributed by atoms with Gasteiger partial charge in [0.2, 0.25) is 0 Å². The van der Waals surface area contributed by atoms with Crippen LogP contribution in [0.1, 0.15) is 29.3 Å². The number of ether oxygens (including phenoxy) is 1. The number of ketones is 1. The van der Waals surface area contributed by atoms with Crippen LogP contribution in [0.4, 0.5) is 15.8 Å². The number of anilines is 2. The molecule has 0 fully saturated rings. The zero-order valence-corrected chi connectivity index (χ0v) is 18.3. The molecule has 2 rings (SSSR count). The molecule has 2 aromatic rings. The van der Waals surface area contributed by atoms with E-state index in [2.05, 4.69) is 41.9 Å². The summed E-state index contributed by atoms with van der Waals surface area (Å²) < 4.78 is 18.9. The van der Waals surface area contributed by atoms with E-state index in [0.717, 1.165) is 6.07 Å². The molecule has 1 atom stereocenters. The summed E-state index contributed by atoms with van der Waals surface area (Å²) in [5, 5.41) is 3.23. The molecule has 27 heavy (non-hydrogen) atoms. The summed E-state index contributed by atoms with van der Waals surface area (Å²) in [5.41, 5.74) is 7.17. The molecule has 0 aliphatic rings. The zero-order chi connectivity index (χ0) is 20.3. The fourth-order valence-corrected chi connectivity index (χ4v) is 4.10. The molecule has 1 unspecified atom stereocenters. The Labute approximate surface area is 177 Å². The van der Waals surface area contributed by atoms with Crippen molar-refractivity contribution in [2.24, 2.45) is 0 Å². The van der Waals surface area contributed by atoms with Crippen LogP contribution in [0.5, 0.6) is 0 Å². The van der Waals surface area contributed by atoms with Crippen molar-refractivity contribution in [3.63, 3.8) is 0 Å². The topological polar surface area (TPSA) is 81.4 Å². The molecule has 0 amide bonds. The average molecular weight is 523 g/mol. The van der Waals surface area contributed by atoms with E-state index in [-0.39, 0.29) is 40.3 Å². The maximum atomic E-state index is 13.5. The van der Waals surface area contributed by atoms with Crippen molar-refractivity contribution in [1.82, 2.24) is 0 Å². The van der Waals surface area contributed by atoms with E-state index >= 15 is 0 Å². The number of hydrogen-bond donors (Lipinski definition) is 2. The van der Waals surface area contributed by atoms with Crippen molar-refractivity contribution in [3.05, 3.63) is 55.2 Å². The molecular weight excluding hydrogens is 506 g/mol. The second kappa shape index (κ2) is 9.03. The van der Waals surface area contributed by atoms with Crippen molar-refractivity contribution in [2.75, 3.05) is 18.2 Å². The van der Waals surface area contributed by atoms with Crippen LogP contribution in [0.25, 0.3) is 0 Å². The van der Waals surface area contributed by atoms with Gasteiger partial charge in [-0.1, -0.05) is 11.6 Å². The molecule has 0 radical (unpaired) electrons. The molecule has 2 aromatic carbocycles. The van der Waals surface area contributed by atoms with Crippen LogP contribution in [-0.4, -0.2) is 24.9 Å². The smallest absolute Gasteiger partial charge is 0.307 e. The number of carbonyl (C=O) groups excluding carboxylic acids is 2. The Balaban J connectivity index is 2.40. The van der Waals surface area contributed by atoms with Crippen LogP contribution >= 0.6 is 43.5 Å². The number of carbonyl (C=O) groups is 2. The van der Waals surface area contributed by atoms with Crippen LogP contribution in [0.15, 0.2) is 33.2 Å². The third-order valence-corrected chi connectivity index (χ3v) is 5.54. The quantitative estimate of drug-likeness (QED) is 0.310. The first kappa shape index (κ1) is 21.7. The third kappa shape index (κ3) is 5.00. The summed E-state index contributed by atoms with van der Waals surface area (Å²) in [7, 11) is 1.31. The van der Waals surface area contributed by atoms with E-state index in [0.29, 0.717) is 14.6 Å². The highest BCUT2D eigenvalue weighted by atomic mass is 79.9. The molecule has 9 heteroatoms. The fourth-order valence-electron chi connectivity index (χ4n) is 2.42. The Hall–Kier alpha value is -1.64. The largest absolute Gasteiger partial charge is 0.469 e. The molecule has 0 spiro atoms. The third-order valence-electron chi connectivity index (χ3n) is 3.76. The van der Waals surface area contributed by atoms with Gasteiger partial charge in [-0.15, -0.1) is 0 Å². The minimum atomic E-state index is -0.571. The minimum absolute atomic E-state index is 0.0252. The predicted molar refractivity (Wildman–Crippen MR) is 111 cm³/mol. The van der Waals surface area contributed by atoms with Crippen molar-refractivity contribution in [1.29, 1.82) is 0 Å². The second-order valence-corrected chi connectivity index (χ2v) is 7.84. The minimum Gasteiger partial charge on any atom is -0.469 e. The second-order valence-electron chi connectivity index (χ2n) is 5.79. The number of rotatable bonds is 6. The molecule has 0 aromatic heterocycles. The van der Waals surface area contributed by atoms with Crippen LogP contribution in [-0.2, 0) is 9.53 Å². The van der Waals surface area contributed by atoms with Gasteiger partial charge in [0.1, 0.15) is 5.82 Å². The SMILES string of the molecule is COC(=O)CC(C)Nc1cc(Br)c(C(=O)c2cc(F)ccc2Cl)c(Br)c1N. The molecule has 0 saturated carbocycles.